The smallest absolute Gasteiger partial charge is 0.258 e. The Morgan fingerprint density at radius 3 is 2.69 bits per heavy atom. The molecule has 0 saturated carbocycles. The summed E-state index contributed by atoms with van der Waals surface area (Å²) in [5.41, 5.74) is 2.76. The van der Waals surface area contributed by atoms with Crippen LogP contribution in [0.5, 0.6) is 11.5 Å². The van der Waals surface area contributed by atoms with E-state index in [1.807, 2.05) is 19.1 Å². The molecule has 8 nitrogen and oxygen atoms in total. The molecule has 0 unspecified atom stereocenters. The molecule has 0 radical (unpaired) electrons. The van der Waals surface area contributed by atoms with Crippen LogP contribution in [0.1, 0.15) is 45.6 Å². The number of hydrogen-bond donors (Lipinski definition) is 1. The van der Waals surface area contributed by atoms with Gasteiger partial charge in [-0.15, -0.1) is 0 Å². The summed E-state index contributed by atoms with van der Waals surface area (Å²) in [5, 5.41) is 7.20. The van der Waals surface area contributed by atoms with E-state index >= 15 is 0 Å². The van der Waals surface area contributed by atoms with E-state index in [-0.39, 0.29) is 18.1 Å². The molecule has 2 aromatic carbocycles. The van der Waals surface area contributed by atoms with E-state index in [0.29, 0.717) is 48.3 Å². The maximum Gasteiger partial charge on any atom is 0.258 e. The lowest BCUT2D eigenvalue weighted by molar-refractivity contribution is 0.0436. The Hall–Kier alpha value is -3.39. The monoisotopic (exact) mass is 436 g/mol. The third kappa shape index (κ3) is 4.60. The average molecular weight is 437 g/mol. The zero-order valence-corrected chi connectivity index (χ0v) is 18.8. The molecule has 2 atom stereocenters. The number of benzene rings is 2. The van der Waals surface area contributed by atoms with Gasteiger partial charge in [0, 0.05) is 19.0 Å². The predicted molar refractivity (Wildman–Crippen MR) is 119 cm³/mol. The van der Waals surface area contributed by atoms with Gasteiger partial charge in [-0.05, 0) is 31.5 Å². The molecule has 1 fully saturated rings. The minimum atomic E-state index is -0.290. The molecule has 0 aliphatic carbocycles. The highest BCUT2D eigenvalue weighted by molar-refractivity contribution is 5.97. The Morgan fingerprint density at radius 1 is 1.16 bits per heavy atom. The number of nitrogens with one attached hydrogen (secondary N) is 1. The summed E-state index contributed by atoms with van der Waals surface area (Å²) < 4.78 is 16.9. The first-order valence-corrected chi connectivity index (χ1v) is 10.6. The van der Waals surface area contributed by atoms with Crippen molar-refractivity contribution >= 4 is 5.91 Å². The standard InChI is InChI=1S/C24H28N4O4/c1-15-6-5-7-17(10-15)14-32-19-11-21(23-25-16(2)26-27-23)28(13-19)24(29)20-9-8-18(30-3)12-22(20)31-4/h5-10,12,19,21H,11,13-14H2,1-4H3,(H,25,26,27)/t19-,21-/m0/s1. The molecule has 4 rings (SSSR count). The van der Waals surface area contributed by atoms with Crippen LogP contribution in [0.2, 0.25) is 0 Å². The van der Waals surface area contributed by atoms with Gasteiger partial charge in [0.05, 0.1) is 38.5 Å². The molecule has 2 heterocycles. The van der Waals surface area contributed by atoms with Crippen molar-refractivity contribution in [3.05, 3.63) is 70.8 Å². The Labute approximate surface area is 187 Å². The topological polar surface area (TPSA) is 89.6 Å². The summed E-state index contributed by atoms with van der Waals surface area (Å²) in [6.07, 6.45) is 0.486. The molecule has 1 aliphatic rings. The van der Waals surface area contributed by atoms with Gasteiger partial charge in [0.2, 0.25) is 0 Å². The zero-order valence-electron chi connectivity index (χ0n) is 18.8. The molecular formula is C24H28N4O4. The van der Waals surface area contributed by atoms with Crippen LogP contribution < -0.4 is 9.47 Å². The lowest BCUT2D eigenvalue weighted by Gasteiger charge is -2.23. The second kappa shape index (κ2) is 9.40. The summed E-state index contributed by atoms with van der Waals surface area (Å²) in [4.78, 5) is 19.8. The largest absolute Gasteiger partial charge is 0.497 e. The van der Waals surface area contributed by atoms with Gasteiger partial charge in [0.1, 0.15) is 17.3 Å². The minimum Gasteiger partial charge on any atom is -0.497 e. The molecule has 168 valence electrons. The summed E-state index contributed by atoms with van der Waals surface area (Å²) in [7, 11) is 3.12. The Bertz CT molecular complexity index is 1100. The van der Waals surface area contributed by atoms with E-state index in [0.717, 1.165) is 5.56 Å². The number of methoxy groups -OCH3 is 2. The van der Waals surface area contributed by atoms with E-state index in [4.69, 9.17) is 14.2 Å². The Morgan fingerprint density at radius 2 is 2.00 bits per heavy atom. The van der Waals surface area contributed by atoms with E-state index in [1.54, 1.807) is 37.3 Å². The van der Waals surface area contributed by atoms with Gasteiger partial charge < -0.3 is 19.1 Å². The van der Waals surface area contributed by atoms with Gasteiger partial charge in [-0.1, -0.05) is 29.8 Å². The average Bonchev–Trinajstić information content (AvgIpc) is 3.43. The number of carbonyl (C=O) groups excluding carboxylic acids is 1. The van der Waals surface area contributed by atoms with Crippen molar-refractivity contribution in [1.82, 2.24) is 20.1 Å². The molecule has 1 saturated heterocycles. The van der Waals surface area contributed by atoms with Crippen molar-refractivity contribution in [2.75, 3.05) is 20.8 Å². The number of aromatic nitrogens is 3. The number of H-pyrrole nitrogens is 1. The normalized spacial score (nSPS) is 18.1. The first kappa shape index (κ1) is 21.8. The lowest BCUT2D eigenvalue weighted by Crippen LogP contribution is -2.33. The fourth-order valence-electron chi connectivity index (χ4n) is 4.04. The van der Waals surface area contributed by atoms with Crippen molar-refractivity contribution in [3.8, 4) is 11.5 Å². The fraction of sp³-hybridized carbons (Fsp3) is 0.375. The molecule has 3 aromatic rings. The molecule has 0 spiro atoms. The molecule has 1 aromatic heterocycles. The van der Waals surface area contributed by atoms with E-state index < -0.39 is 0 Å². The third-order valence-electron chi connectivity index (χ3n) is 5.64. The number of nitrogens with zero attached hydrogens (tertiary/aromatic N) is 3. The lowest BCUT2D eigenvalue weighted by atomic mass is 10.1. The van der Waals surface area contributed by atoms with Crippen LogP contribution in [0.3, 0.4) is 0 Å². The van der Waals surface area contributed by atoms with Crippen LogP contribution in [-0.4, -0.2) is 52.9 Å². The van der Waals surface area contributed by atoms with Gasteiger partial charge in [0.25, 0.3) is 5.91 Å². The van der Waals surface area contributed by atoms with Crippen molar-refractivity contribution in [2.45, 2.75) is 39.0 Å². The van der Waals surface area contributed by atoms with Gasteiger partial charge in [-0.25, -0.2) is 4.98 Å². The maximum atomic E-state index is 13.6. The number of ether oxygens (including phenoxy) is 3. The van der Waals surface area contributed by atoms with Gasteiger partial charge in [-0.2, -0.15) is 5.10 Å². The van der Waals surface area contributed by atoms with E-state index in [2.05, 4.69) is 34.2 Å². The molecule has 0 bridgehead atoms. The van der Waals surface area contributed by atoms with Gasteiger partial charge >= 0.3 is 0 Å². The maximum absolute atomic E-state index is 13.6. The van der Waals surface area contributed by atoms with Crippen molar-refractivity contribution in [1.29, 1.82) is 0 Å². The Balaban J connectivity index is 1.57. The first-order valence-electron chi connectivity index (χ1n) is 10.6. The number of hydrogen-bond acceptors (Lipinski definition) is 6. The van der Waals surface area contributed by atoms with E-state index in [9.17, 15) is 4.79 Å². The number of amides is 1. The van der Waals surface area contributed by atoms with Crippen molar-refractivity contribution < 1.29 is 19.0 Å². The second-order valence-electron chi connectivity index (χ2n) is 7.98. The van der Waals surface area contributed by atoms with Crippen LogP contribution in [0, 0.1) is 13.8 Å². The van der Waals surface area contributed by atoms with Crippen molar-refractivity contribution in [2.24, 2.45) is 0 Å². The fourth-order valence-corrected chi connectivity index (χ4v) is 4.04. The van der Waals surface area contributed by atoms with Crippen LogP contribution >= 0.6 is 0 Å². The highest BCUT2D eigenvalue weighted by Crippen LogP contribution is 2.35. The number of likely N-dealkylation sites (tertiary alicyclic amines) is 1. The second-order valence-corrected chi connectivity index (χ2v) is 7.98. The van der Waals surface area contributed by atoms with Crippen molar-refractivity contribution in [3.63, 3.8) is 0 Å². The number of aryl methyl sites for hydroxylation is 2. The molecular weight excluding hydrogens is 408 g/mol. The molecule has 1 amide bonds. The van der Waals surface area contributed by atoms with Crippen LogP contribution in [-0.2, 0) is 11.3 Å². The van der Waals surface area contributed by atoms with Gasteiger partial charge in [-0.3, -0.25) is 9.89 Å². The predicted octanol–water partition coefficient (Wildman–Crippen LogP) is 3.61. The van der Waals surface area contributed by atoms with E-state index in [1.165, 1.54) is 5.56 Å². The summed E-state index contributed by atoms with van der Waals surface area (Å²) in [5.74, 6) is 2.23. The molecule has 32 heavy (non-hydrogen) atoms. The minimum absolute atomic E-state index is 0.132. The van der Waals surface area contributed by atoms with Gasteiger partial charge in [0.15, 0.2) is 5.82 Å². The zero-order chi connectivity index (χ0) is 22.7. The summed E-state index contributed by atoms with van der Waals surface area (Å²) >= 11 is 0. The van der Waals surface area contributed by atoms with Crippen LogP contribution in [0.15, 0.2) is 42.5 Å². The number of rotatable bonds is 7. The quantitative estimate of drug-likeness (QED) is 0.609. The summed E-state index contributed by atoms with van der Waals surface area (Å²) in [6, 6.07) is 13.1. The number of aromatic amines is 1. The SMILES string of the molecule is COc1ccc(C(=O)N2C[C@@H](OCc3cccc(C)c3)C[C@H]2c2n[nH]c(C)n2)c(OC)c1. The van der Waals surface area contributed by atoms with Crippen LogP contribution in [0.4, 0.5) is 0 Å². The number of carbonyl (C=O) groups is 1. The molecule has 1 N–H and O–H groups in total. The first-order chi connectivity index (χ1) is 15.5. The molecule has 8 heteroatoms. The Kier molecular flexibility index (Phi) is 6.41. The summed E-state index contributed by atoms with van der Waals surface area (Å²) in [6.45, 7) is 4.83. The third-order valence-corrected chi connectivity index (χ3v) is 5.64. The molecule has 1 aliphatic heterocycles. The van der Waals surface area contributed by atoms with Crippen LogP contribution in [0.25, 0.3) is 0 Å². The highest BCUT2D eigenvalue weighted by Gasteiger charge is 2.40. The highest BCUT2D eigenvalue weighted by atomic mass is 16.5.